The van der Waals surface area contributed by atoms with Crippen molar-refractivity contribution < 1.29 is 0 Å². The first-order valence-electron chi connectivity index (χ1n) is 10.6. The Morgan fingerprint density at radius 1 is 1.12 bits per heavy atom. The zero-order valence-electron chi connectivity index (χ0n) is 17.5. The van der Waals surface area contributed by atoms with Crippen molar-refractivity contribution in [3.63, 3.8) is 0 Å². The van der Waals surface area contributed by atoms with Crippen LogP contribution in [-0.2, 0) is 0 Å². The van der Waals surface area contributed by atoms with Crippen molar-refractivity contribution in [3.8, 4) is 0 Å². The van der Waals surface area contributed by atoms with Gasteiger partial charge in [0.15, 0.2) is 5.96 Å². The van der Waals surface area contributed by atoms with Gasteiger partial charge in [0.2, 0.25) is 0 Å². The molecule has 0 amide bonds. The van der Waals surface area contributed by atoms with Crippen molar-refractivity contribution in [2.75, 3.05) is 52.4 Å². The van der Waals surface area contributed by atoms with Gasteiger partial charge in [0.05, 0.1) is 0 Å². The van der Waals surface area contributed by atoms with Crippen LogP contribution in [0, 0.1) is 11.8 Å². The minimum atomic E-state index is 0. The van der Waals surface area contributed by atoms with E-state index in [0.29, 0.717) is 12.0 Å². The minimum Gasteiger partial charge on any atom is -0.357 e. The Bertz CT molecular complexity index is 402. The highest BCUT2D eigenvalue weighted by atomic mass is 127. The van der Waals surface area contributed by atoms with E-state index in [9.17, 15) is 0 Å². The van der Waals surface area contributed by atoms with Gasteiger partial charge in [-0.15, -0.1) is 24.0 Å². The van der Waals surface area contributed by atoms with Gasteiger partial charge in [0.1, 0.15) is 0 Å². The third kappa shape index (κ3) is 8.30. The third-order valence-electron chi connectivity index (χ3n) is 5.49. The number of aliphatic imine (C=N–C) groups is 1. The van der Waals surface area contributed by atoms with Gasteiger partial charge in [-0.2, -0.15) is 0 Å². The number of likely N-dealkylation sites (N-methyl/N-ethyl adjacent to an activating group) is 1. The fourth-order valence-corrected chi connectivity index (χ4v) is 4.30. The Morgan fingerprint density at radius 2 is 1.88 bits per heavy atom. The molecule has 0 radical (unpaired) electrons. The van der Waals surface area contributed by atoms with Crippen LogP contribution in [0.2, 0.25) is 0 Å². The first-order valence-corrected chi connectivity index (χ1v) is 10.6. The molecule has 0 aromatic heterocycles. The van der Waals surface area contributed by atoms with Gasteiger partial charge in [0.25, 0.3) is 0 Å². The van der Waals surface area contributed by atoms with E-state index in [-0.39, 0.29) is 24.0 Å². The van der Waals surface area contributed by atoms with Gasteiger partial charge in [0, 0.05) is 38.8 Å². The highest BCUT2D eigenvalue weighted by molar-refractivity contribution is 14.0. The maximum atomic E-state index is 4.91. The fraction of sp³-hybridized carbons (Fsp3) is 0.950. The molecular formula is C20H42IN5. The summed E-state index contributed by atoms with van der Waals surface area (Å²) in [5.41, 5.74) is 0. The molecule has 0 aromatic carbocycles. The second-order valence-electron chi connectivity index (χ2n) is 8.19. The lowest BCUT2D eigenvalue weighted by Gasteiger charge is -2.33. The number of nitrogens with zero attached hydrogens (tertiary/aromatic N) is 3. The van der Waals surface area contributed by atoms with E-state index < -0.39 is 0 Å². The molecule has 2 saturated heterocycles. The van der Waals surface area contributed by atoms with Crippen LogP contribution in [0.15, 0.2) is 4.99 Å². The molecule has 2 N–H and O–H groups in total. The summed E-state index contributed by atoms with van der Waals surface area (Å²) < 4.78 is 0. The van der Waals surface area contributed by atoms with E-state index in [4.69, 9.17) is 4.99 Å². The maximum absolute atomic E-state index is 4.91. The first kappa shape index (κ1) is 24.0. The van der Waals surface area contributed by atoms with E-state index in [1.54, 1.807) is 0 Å². The average Bonchev–Trinajstić information content (AvgIpc) is 3.04. The fourth-order valence-electron chi connectivity index (χ4n) is 4.30. The van der Waals surface area contributed by atoms with Crippen LogP contribution >= 0.6 is 24.0 Å². The van der Waals surface area contributed by atoms with E-state index >= 15 is 0 Å². The third-order valence-corrected chi connectivity index (χ3v) is 5.49. The molecule has 2 unspecified atom stereocenters. The highest BCUT2D eigenvalue weighted by Gasteiger charge is 2.23. The maximum Gasteiger partial charge on any atom is 0.191 e. The molecule has 0 aliphatic carbocycles. The Kier molecular flexibility index (Phi) is 12.1. The van der Waals surface area contributed by atoms with Crippen molar-refractivity contribution in [1.29, 1.82) is 0 Å². The van der Waals surface area contributed by atoms with Gasteiger partial charge in [-0.3, -0.25) is 9.89 Å². The summed E-state index contributed by atoms with van der Waals surface area (Å²) in [7, 11) is 0. The van der Waals surface area contributed by atoms with Crippen LogP contribution in [0.5, 0.6) is 0 Å². The normalized spacial score (nSPS) is 25.3. The Balaban J connectivity index is 0.00000338. The van der Waals surface area contributed by atoms with Gasteiger partial charge < -0.3 is 15.5 Å². The topological polar surface area (TPSA) is 42.9 Å². The molecule has 2 rings (SSSR count). The Morgan fingerprint density at radius 3 is 2.58 bits per heavy atom. The van der Waals surface area contributed by atoms with Crippen LogP contribution in [0.4, 0.5) is 0 Å². The standard InChI is InChI=1S/C20H41N5.HI/c1-5-21-20(23-14-19-10-8-12-25(19)6-2)22-13-18-9-7-11-24(16-18)15-17(3)4;/h17-19H,5-16H2,1-4H3,(H2,21,22,23);1H. The molecule has 6 heteroatoms. The second-order valence-corrected chi connectivity index (χ2v) is 8.19. The molecule has 2 atom stereocenters. The molecule has 26 heavy (non-hydrogen) atoms. The number of halogens is 1. The first-order chi connectivity index (χ1) is 12.1. The number of guanidine groups is 1. The van der Waals surface area contributed by atoms with Gasteiger partial charge in [-0.05, 0) is 64.1 Å². The molecule has 5 nitrogen and oxygen atoms in total. The lowest BCUT2D eigenvalue weighted by atomic mass is 9.97. The molecule has 2 aliphatic heterocycles. The molecule has 0 saturated carbocycles. The Labute approximate surface area is 178 Å². The smallest absolute Gasteiger partial charge is 0.191 e. The monoisotopic (exact) mass is 479 g/mol. The van der Waals surface area contributed by atoms with E-state index in [2.05, 4.69) is 48.1 Å². The molecule has 2 fully saturated rings. The molecular weight excluding hydrogens is 437 g/mol. The molecule has 0 spiro atoms. The summed E-state index contributed by atoms with van der Waals surface area (Å²) in [6, 6.07) is 0.671. The number of hydrogen-bond donors (Lipinski definition) is 2. The SMILES string of the molecule is CCNC(=NCC1CCCN(CC(C)C)C1)NCC1CCCN1CC.I. The summed E-state index contributed by atoms with van der Waals surface area (Å²) in [4.78, 5) is 10.1. The molecule has 2 aliphatic rings. The minimum absolute atomic E-state index is 0. The summed E-state index contributed by atoms with van der Waals surface area (Å²) in [6.07, 6.45) is 5.29. The summed E-state index contributed by atoms with van der Waals surface area (Å²) >= 11 is 0. The number of piperidine rings is 1. The zero-order chi connectivity index (χ0) is 18.1. The van der Waals surface area contributed by atoms with Crippen LogP contribution in [-0.4, -0.2) is 74.2 Å². The van der Waals surface area contributed by atoms with Crippen molar-refractivity contribution in [1.82, 2.24) is 20.4 Å². The number of rotatable bonds is 8. The summed E-state index contributed by atoms with van der Waals surface area (Å²) in [5.74, 6) is 2.47. The van der Waals surface area contributed by atoms with E-state index in [1.807, 2.05) is 0 Å². The number of hydrogen-bond acceptors (Lipinski definition) is 3. The van der Waals surface area contributed by atoms with Crippen molar-refractivity contribution in [2.45, 2.75) is 59.4 Å². The average molecular weight is 479 g/mol. The molecule has 0 bridgehead atoms. The predicted molar refractivity (Wildman–Crippen MR) is 124 cm³/mol. The van der Waals surface area contributed by atoms with Crippen LogP contribution < -0.4 is 10.6 Å². The summed E-state index contributed by atoms with van der Waals surface area (Å²) in [5, 5.41) is 7.02. The lowest BCUT2D eigenvalue weighted by Crippen LogP contribution is -2.45. The van der Waals surface area contributed by atoms with Crippen molar-refractivity contribution in [3.05, 3.63) is 0 Å². The van der Waals surface area contributed by atoms with Crippen LogP contribution in [0.3, 0.4) is 0 Å². The highest BCUT2D eigenvalue weighted by Crippen LogP contribution is 2.18. The second kappa shape index (κ2) is 13.2. The predicted octanol–water partition coefficient (Wildman–Crippen LogP) is 3.01. The van der Waals surface area contributed by atoms with Crippen LogP contribution in [0.25, 0.3) is 0 Å². The lowest BCUT2D eigenvalue weighted by molar-refractivity contribution is 0.162. The molecule has 2 heterocycles. The molecule has 154 valence electrons. The van der Waals surface area contributed by atoms with E-state index in [0.717, 1.165) is 38.1 Å². The molecule has 0 aromatic rings. The Hall–Kier alpha value is -0.0800. The number of likely N-dealkylation sites (tertiary alicyclic amines) is 2. The zero-order valence-corrected chi connectivity index (χ0v) is 19.8. The summed E-state index contributed by atoms with van der Waals surface area (Å²) in [6.45, 7) is 18.1. The van der Waals surface area contributed by atoms with Crippen molar-refractivity contribution >= 4 is 29.9 Å². The largest absolute Gasteiger partial charge is 0.357 e. The van der Waals surface area contributed by atoms with Gasteiger partial charge in [-0.1, -0.05) is 20.8 Å². The van der Waals surface area contributed by atoms with Crippen LogP contribution in [0.1, 0.15) is 53.4 Å². The quantitative estimate of drug-likeness (QED) is 0.319. The van der Waals surface area contributed by atoms with E-state index in [1.165, 1.54) is 51.9 Å². The van der Waals surface area contributed by atoms with Gasteiger partial charge >= 0.3 is 0 Å². The van der Waals surface area contributed by atoms with Crippen molar-refractivity contribution in [2.24, 2.45) is 16.8 Å². The number of nitrogens with one attached hydrogen (secondary N) is 2. The van der Waals surface area contributed by atoms with Gasteiger partial charge in [-0.25, -0.2) is 0 Å².